The number of ether oxygens (including phenoxy) is 1. The van der Waals surface area contributed by atoms with Crippen LogP contribution >= 0.6 is 11.6 Å². The molecular weight excluding hydrogens is 217 g/mol. The Labute approximate surface area is 94.2 Å². The SMILES string of the molecule is CCC(N)Cc1c(Cl)cc(F)cc1OC. The number of methoxy groups -OCH3 is 1. The Morgan fingerprint density at radius 3 is 2.73 bits per heavy atom. The van der Waals surface area contributed by atoms with E-state index in [0.717, 1.165) is 12.0 Å². The molecule has 0 amide bonds. The van der Waals surface area contributed by atoms with Crippen LogP contribution in [0, 0.1) is 5.82 Å². The predicted molar refractivity (Wildman–Crippen MR) is 59.9 cm³/mol. The number of rotatable bonds is 4. The Morgan fingerprint density at radius 1 is 1.53 bits per heavy atom. The van der Waals surface area contributed by atoms with Gasteiger partial charge in [-0.15, -0.1) is 0 Å². The number of nitrogens with two attached hydrogens (primary N) is 1. The van der Waals surface area contributed by atoms with E-state index in [0.29, 0.717) is 17.2 Å². The summed E-state index contributed by atoms with van der Waals surface area (Å²) in [5.74, 6) is 0.0644. The summed E-state index contributed by atoms with van der Waals surface area (Å²) in [5, 5.41) is 0.371. The van der Waals surface area contributed by atoms with E-state index < -0.39 is 5.82 Å². The molecule has 15 heavy (non-hydrogen) atoms. The molecule has 1 aromatic carbocycles. The van der Waals surface area contributed by atoms with Crippen molar-refractivity contribution < 1.29 is 9.13 Å². The van der Waals surface area contributed by atoms with Crippen LogP contribution in [0.2, 0.25) is 5.02 Å². The van der Waals surface area contributed by atoms with Crippen molar-refractivity contribution in [3.8, 4) is 5.75 Å². The van der Waals surface area contributed by atoms with Crippen molar-refractivity contribution in [3.63, 3.8) is 0 Å². The molecule has 1 atom stereocenters. The Morgan fingerprint density at radius 2 is 2.20 bits per heavy atom. The maximum atomic E-state index is 13.0. The summed E-state index contributed by atoms with van der Waals surface area (Å²) in [6.45, 7) is 1.99. The molecule has 2 N–H and O–H groups in total. The molecule has 84 valence electrons. The van der Waals surface area contributed by atoms with E-state index >= 15 is 0 Å². The van der Waals surface area contributed by atoms with E-state index in [-0.39, 0.29) is 6.04 Å². The predicted octanol–water partition coefficient (Wildman–Crippen LogP) is 2.77. The zero-order valence-electron chi connectivity index (χ0n) is 8.89. The summed E-state index contributed by atoms with van der Waals surface area (Å²) in [7, 11) is 1.49. The second-order valence-corrected chi connectivity index (χ2v) is 3.85. The maximum Gasteiger partial charge on any atom is 0.128 e. The highest BCUT2D eigenvalue weighted by Gasteiger charge is 2.13. The van der Waals surface area contributed by atoms with Gasteiger partial charge >= 0.3 is 0 Å². The first-order chi connectivity index (χ1) is 7.08. The largest absolute Gasteiger partial charge is 0.496 e. The van der Waals surface area contributed by atoms with Crippen molar-refractivity contribution in [2.75, 3.05) is 7.11 Å². The van der Waals surface area contributed by atoms with Crippen LogP contribution in [0.1, 0.15) is 18.9 Å². The molecule has 0 heterocycles. The van der Waals surface area contributed by atoms with Gasteiger partial charge in [0.05, 0.1) is 12.1 Å². The number of hydrogen-bond acceptors (Lipinski definition) is 2. The normalized spacial score (nSPS) is 12.6. The molecule has 4 heteroatoms. The van der Waals surface area contributed by atoms with Gasteiger partial charge in [-0.05, 0) is 18.9 Å². The van der Waals surface area contributed by atoms with Gasteiger partial charge in [-0.3, -0.25) is 0 Å². The molecule has 0 bridgehead atoms. The van der Waals surface area contributed by atoms with E-state index in [9.17, 15) is 4.39 Å². The molecule has 1 aromatic rings. The summed E-state index contributed by atoms with van der Waals surface area (Å²) in [5.41, 5.74) is 6.60. The third kappa shape index (κ3) is 3.08. The molecule has 2 nitrogen and oxygen atoms in total. The minimum Gasteiger partial charge on any atom is -0.496 e. The fourth-order valence-corrected chi connectivity index (χ4v) is 1.64. The fraction of sp³-hybridized carbons (Fsp3) is 0.455. The van der Waals surface area contributed by atoms with Crippen molar-refractivity contribution in [1.29, 1.82) is 0 Å². The Bertz CT molecular complexity index is 344. The lowest BCUT2D eigenvalue weighted by Crippen LogP contribution is -2.22. The van der Waals surface area contributed by atoms with Crippen molar-refractivity contribution in [2.24, 2.45) is 5.73 Å². The topological polar surface area (TPSA) is 35.2 Å². The van der Waals surface area contributed by atoms with E-state index in [2.05, 4.69) is 0 Å². The third-order valence-corrected chi connectivity index (χ3v) is 2.67. The summed E-state index contributed by atoms with van der Waals surface area (Å²) in [4.78, 5) is 0. The molecule has 0 aliphatic carbocycles. The average Bonchev–Trinajstić information content (AvgIpc) is 2.21. The van der Waals surface area contributed by atoms with E-state index in [1.165, 1.54) is 19.2 Å². The molecule has 0 aliphatic heterocycles. The van der Waals surface area contributed by atoms with Gasteiger partial charge in [-0.25, -0.2) is 4.39 Å². The quantitative estimate of drug-likeness (QED) is 0.865. The highest BCUT2D eigenvalue weighted by Crippen LogP contribution is 2.29. The minimum absolute atomic E-state index is 0.0156. The highest BCUT2D eigenvalue weighted by molar-refractivity contribution is 6.31. The monoisotopic (exact) mass is 231 g/mol. The molecule has 0 fully saturated rings. The van der Waals surface area contributed by atoms with Crippen LogP contribution in [0.4, 0.5) is 4.39 Å². The molecule has 1 rings (SSSR count). The van der Waals surface area contributed by atoms with Gasteiger partial charge in [0.2, 0.25) is 0 Å². The fourth-order valence-electron chi connectivity index (χ4n) is 1.37. The second kappa shape index (κ2) is 5.33. The lowest BCUT2D eigenvalue weighted by molar-refractivity contribution is 0.404. The van der Waals surface area contributed by atoms with E-state index in [1.807, 2.05) is 6.92 Å². The standard InChI is InChI=1S/C11H15ClFNO/c1-3-8(14)6-9-10(12)4-7(13)5-11(9)15-2/h4-5,8H,3,6,14H2,1-2H3. The first-order valence-corrected chi connectivity index (χ1v) is 5.23. The highest BCUT2D eigenvalue weighted by atomic mass is 35.5. The summed E-state index contributed by atoms with van der Waals surface area (Å²) >= 11 is 5.94. The number of halogens is 2. The molecular formula is C11H15ClFNO. The van der Waals surface area contributed by atoms with Gasteiger partial charge in [-0.2, -0.15) is 0 Å². The first-order valence-electron chi connectivity index (χ1n) is 4.86. The minimum atomic E-state index is -0.398. The first kappa shape index (κ1) is 12.3. The lowest BCUT2D eigenvalue weighted by Gasteiger charge is -2.14. The van der Waals surface area contributed by atoms with Gasteiger partial charge in [-0.1, -0.05) is 18.5 Å². The van der Waals surface area contributed by atoms with Crippen LogP contribution in [0.15, 0.2) is 12.1 Å². The van der Waals surface area contributed by atoms with Crippen molar-refractivity contribution in [1.82, 2.24) is 0 Å². The molecule has 0 saturated heterocycles. The van der Waals surface area contributed by atoms with Crippen LogP contribution in [0.3, 0.4) is 0 Å². The molecule has 1 unspecified atom stereocenters. The zero-order valence-corrected chi connectivity index (χ0v) is 9.64. The third-order valence-electron chi connectivity index (χ3n) is 2.33. The van der Waals surface area contributed by atoms with Crippen LogP contribution in [0.25, 0.3) is 0 Å². The smallest absolute Gasteiger partial charge is 0.128 e. The number of benzene rings is 1. The van der Waals surface area contributed by atoms with Gasteiger partial charge in [0.25, 0.3) is 0 Å². The maximum absolute atomic E-state index is 13.0. The van der Waals surface area contributed by atoms with Crippen molar-refractivity contribution in [2.45, 2.75) is 25.8 Å². The summed E-state index contributed by atoms with van der Waals surface area (Å²) < 4.78 is 18.1. The van der Waals surface area contributed by atoms with Gasteiger partial charge in [0.15, 0.2) is 0 Å². The summed E-state index contributed by atoms with van der Waals surface area (Å²) in [6, 6.07) is 2.62. The molecule has 0 spiro atoms. The summed E-state index contributed by atoms with van der Waals surface area (Å²) in [6.07, 6.45) is 1.44. The van der Waals surface area contributed by atoms with Gasteiger partial charge in [0.1, 0.15) is 11.6 Å². The Hall–Kier alpha value is -0.800. The van der Waals surface area contributed by atoms with Crippen LogP contribution in [-0.4, -0.2) is 13.2 Å². The van der Waals surface area contributed by atoms with Crippen molar-refractivity contribution >= 4 is 11.6 Å². The molecule has 0 aromatic heterocycles. The molecule has 0 saturated carbocycles. The van der Waals surface area contributed by atoms with Crippen LogP contribution in [-0.2, 0) is 6.42 Å². The van der Waals surface area contributed by atoms with Crippen molar-refractivity contribution in [3.05, 3.63) is 28.5 Å². The average molecular weight is 232 g/mol. The van der Waals surface area contributed by atoms with Gasteiger partial charge in [0, 0.05) is 17.7 Å². The van der Waals surface area contributed by atoms with E-state index in [1.54, 1.807) is 0 Å². The second-order valence-electron chi connectivity index (χ2n) is 3.44. The Balaban J connectivity index is 3.04. The van der Waals surface area contributed by atoms with E-state index in [4.69, 9.17) is 22.1 Å². The lowest BCUT2D eigenvalue weighted by atomic mass is 10.0. The molecule has 0 radical (unpaired) electrons. The molecule has 0 aliphatic rings. The zero-order chi connectivity index (χ0) is 11.4. The number of hydrogen-bond donors (Lipinski definition) is 1. The van der Waals surface area contributed by atoms with Crippen LogP contribution in [0.5, 0.6) is 5.75 Å². The Kier molecular flexibility index (Phi) is 4.36. The van der Waals surface area contributed by atoms with Crippen LogP contribution < -0.4 is 10.5 Å². The van der Waals surface area contributed by atoms with Gasteiger partial charge < -0.3 is 10.5 Å².